The van der Waals surface area contributed by atoms with Crippen molar-refractivity contribution in [1.29, 1.82) is 0 Å². The minimum absolute atomic E-state index is 0.0576. The summed E-state index contributed by atoms with van der Waals surface area (Å²) in [7, 11) is 0. The molecular formula is C21H24F2N4O2. The van der Waals surface area contributed by atoms with E-state index in [0.717, 1.165) is 5.69 Å². The van der Waals surface area contributed by atoms with Gasteiger partial charge in [-0.25, -0.2) is 13.6 Å². The molecule has 8 heteroatoms. The number of amides is 3. The predicted octanol–water partition coefficient (Wildman–Crippen LogP) is 2.50. The van der Waals surface area contributed by atoms with Gasteiger partial charge in [-0.1, -0.05) is 18.2 Å². The molecule has 2 N–H and O–H groups in total. The molecule has 1 aliphatic heterocycles. The molecule has 0 unspecified atom stereocenters. The van der Waals surface area contributed by atoms with Crippen molar-refractivity contribution in [3.8, 4) is 0 Å². The lowest BCUT2D eigenvalue weighted by atomic mass is 10.2. The van der Waals surface area contributed by atoms with Crippen molar-refractivity contribution in [2.75, 3.05) is 31.1 Å². The van der Waals surface area contributed by atoms with E-state index in [1.165, 1.54) is 18.2 Å². The molecule has 1 atom stereocenters. The summed E-state index contributed by atoms with van der Waals surface area (Å²) in [4.78, 5) is 28.4. The maximum Gasteiger partial charge on any atom is 0.318 e. The van der Waals surface area contributed by atoms with Gasteiger partial charge < -0.3 is 20.4 Å². The number of hydrogen-bond donors (Lipinski definition) is 2. The molecule has 2 aromatic rings. The van der Waals surface area contributed by atoms with Crippen molar-refractivity contribution < 1.29 is 18.4 Å². The van der Waals surface area contributed by atoms with Gasteiger partial charge in [-0.15, -0.1) is 0 Å². The van der Waals surface area contributed by atoms with Crippen molar-refractivity contribution >= 4 is 17.6 Å². The minimum atomic E-state index is -0.746. The van der Waals surface area contributed by atoms with E-state index in [4.69, 9.17) is 0 Å². The SMILES string of the molecule is C[C@H](NC(=O)N1CCN(c2ccc(F)cc2)CC1)C(=O)NCc1ccccc1F. The fourth-order valence-electron chi connectivity index (χ4n) is 3.14. The fourth-order valence-corrected chi connectivity index (χ4v) is 3.14. The Balaban J connectivity index is 1.44. The molecule has 3 amide bonds. The molecule has 154 valence electrons. The van der Waals surface area contributed by atoms with Crippen LogP contribution in [-0.2, 0) is 11.3 Å². The van der Waals surface area contributed by atoms with Gasteiger partial charge in [0.15, 0.2) is 0 Å². The largest absolute Gasteiger partial charge is 0.368 e. The lowest BCUT2D eigenvalue weighted by Gasteiger charge is -2.36. The summed E-state index contributed by atoms with van der Waals surface area (Å²) < 4.78 is 26.7. The van der Waals surface area contributed by atoms with E-state index in [1.54, 1.807) is 42.2 Å². The molecule has 29 heavy (non-hydrogen) atoms. The Morgan fingerprint density at radius 3 is 2.31 bits per heavy atom. The van der Waals surface area contributed by atoms with Crippen molar-refractivity contribution in [2.24, 2.45) is 0 Å². The summed E-state index contributed by atoms with van der Waals surface area (Å²) in [6.45, 7) is 3.87. The molecule has 0 bridgehead atoms. The zero-order valence-corrected chi connectivity index (χ0v) is 16.2. The fraction of sp³-hybridized carbons (Fsp3) is 0.333. The average molecular weight is 402 g/mol. The van der Waals surface area contributed by atoms with E-state index in [0.29, 0.717) is 31.7 Å². The van der Waals surface area contributed by atoms with Gasteiger partial charge >= 0.3 is 6.03 Å². The topological polar surface area (TPSA) is 64.7 Å². The summed E-state index contributed by atoms with van der Waals surface area (Å²) in [5.41, 5.74) is 1.30. The molecule has 1 saturated heterocycles. The zero-order valence-electron chi connectivity index (χ0n) is 16.2. The Hall–Kier alpha value is -3.16. The Morgan fingerprint density at radius 2 is 1.66 bits per heavy atom. The molecule has 0 aliphatic carbocycles. The first kappa shape index (κ1) is 20.6. The standard InChI is InChI=1S/C21H24F2N4O2/c1-15(20(28)24-14-16-4-2-3-5-19(16)23)25-21(29)27-12-10-26(11-13-27)18-8-6-17(22)7-9-18/h2-9,15H,10-14H2,1H3,(H,24,28)(H,25,29)/t15-/m0/s1. The summed E-state index contributed by atoms with van der Waals surface area (Å²) in [5.74, 6) is -1.05. The number of halogens is 2. The average Bonchev–Trinajstić information content (AvgIpc) is 2.73. The molecule has 0 radical (unpaired) electrons. The van der Waals surface area contributed by atoms with Crippen molar-refractivity contribution in [3.05, 3.63) is 65.7 Å². The Morgan fingerprint density at radius 1 is 1.00 bits per heavy atom. The molecule has 1 aliphatic rings. The van der Waals surface area contributed by atoms with Gasteiger partial charge in [-0.2, -0.15) is 0 Å². The molecule has 1 heterocycles. The van der Waals surface area contributed by atoms with Crippen LogP contribution in [0.25, 0.3) is 0 Å². The maximum absolute atomic E-state index is 13.6. The number of carbonyl (C=O) groups is 2. The van der Waals surface area contributed by atoms with E-state index in [1.807, 2.05) is 0 Å². The summed E-state index contributed by atoms with van der Waals surface area (Å²) in [6, 6.07) is 11.4. The number of carbonyl (C=O) groups excluding carboxylic acids is 2. The Bertz CT molecular complexity index is 852. The van der Waals surface area contributed by atoms with Gasteiger partial charge in [0.2, 0.25) is 5.91 Å². The van der Waals surface area contributed by atoms with Gasteiger partial charge in [-0.3, -0.25) is 4.79 Å². The molecule has 0 spiro atoms. The number of nitrogens with one attached hydrogen (secondary N) is 2. The van der Waals surface area contributed by atoms with E-state index < -0.39 is 6.04 Å². The van der Waals surface area contributed by atoms with Crippen LogP contribution in [-0.4, -0.2) is 49.1 Å². The van der Waals surface area contributed by atoms with Gasteiger partial charge in [0.05, 0.1) is 0 Å². The van der Waals surface area contributed by atoms with Crippen molar-refractivity contribution in [2.45, 2.75) is 19.5 Å². The first-order valence-electron chi connectivity index (χ1n) is 9.51. The highest BCUT2D eigenvalue weighted by Gasteiger charge is 2.24. The quantitative estimate of drug-likeness (QED) is 0.808. The maximum atomic E-state index is 13.6. The van der Waals surface area contributed by atoms with Gasteiger partial charge in [0.25, 0.3) is 0 Å². The number of piperazine rings is 1. The smallest absolute Gasteiger partial charge is 0.318 e. The second-order valence-corrected chi connectivity index (χ2v) is 6.93. The van der Waals surface area contributed by atoms with Crippen LogP contribution in [0.5, 0.6) is 0 Å². The number of benzene rings is 2. The highest BCUT2D eigenvalue weighted by Crippen LogP contribution is 2.17. The highest BCUT2D eigenvalue weighted by molar-refractivity contribution is 5.86. The molecule has 0 saturated carbocycles. The van der Waals surface area contributed by atoms with E-state index in [9.17, 15) is 18.4 Å². The minimum Gasteiger partial charge on any atom is -0.368 e. The van der Waals surface area contributed by atoms with Crippen molar-refractivity contribution in [1.82, 2.24) is 15.5 Å². The van der Waals surface area contributed by atoms with E-state index in [2.05, 4.69) is 15.5 Å². The first-order chi connectivity index (χ1) is 13.9. The Labute approximate surface area is 168 Å². The second-order valence-electron chi connectivity index (χ2n) is 6.93. The van der Waals surface area contributed by atoms with Crippen LogP contribution in [0.2, 0.25) is 0 Å². The molecule has 6 nitrogen and oxygen atoms in total. The van der Waals surface area contributed by atoms with Crippen LogP contribution < -0.4 is 15.5 Å². The van der Waals surface area contributed by atoms with E-state index in [-0.39, 0.29) is 30.1 Å². The second kappa shape index (κ2) is 9.36. The third-order valence-electron chi connectivity index (χ3n) is 4.90. The van der Waals surface area contributed by atoms with Gasteiger partial charge in [-0.05, 0) is 37.3 Å². The van der Waals surface area contributed by atoms with Gasteiger partial charge in [0, 0.05) is 44.0 Å². The highest BCUT2D eigenvalue weighted by atomic mass is 19.1. The van der Waals surface area contributed by atoms with Crippen LogP contribution in [0.15, 0.2) is 48.5 Å². The van der Waals surface area contributed by atoms with Gasteiger partial charge in [0.1, 0.15) is 17.7 Å². The van der Waals surface area contributed by atoms with Crippen molar-refractivity contribution in [3.63, 3.8) is 0 Å². The molecule has 2 aromatic carbocycles. The van der Waals surface area contributed by atoms with Crippen LogP contribution in [0.1, 0.15) is 12.5 Å². The first-order valence-corrected chi connectivity index (χ1v) is 9.51. The third kappa shape index (κ3) is 5.43. The number of anilines is 1. The number of hydrogen-bond acceptors (Lipinski definition) is 3. The monoisotopic (exact) mass is 402 g/mol. The van der Waals surface area contributed by atoms with Crippen LogP contribution >= 0.6 is 0 Å². The lowest BCUT2D eigenvalue weighted by molar-refractivity contribution is -0.122. The molecule has 0 aromatic heterocycles. The Kier molecular flexibility index (Phi) is 6.64. The zero-order chi connectivity index (χ0) is 20.8. The summed E-state index contributed by atoms with van der Waals surface area (Å²) in [5, 5.41) is 5.31. The number of nitrogens with zero attached hydrogens (tertiary/aromatic N) is 2. The summed E-state index contributed by atoms with van der Waals surface area (Å²) in [6.07, 6.45) is 0. The van der Waals surface area contributed by atoms with Crippen LogP contribution in [0.3, 0.4) is 0 Å². The summed E-state index contributed by atoms with van der Waals surface area (Å²) >= 11 is 0. The third-order valence-corrected chi connectivity index (χ3v) is 4.90. The van der Waals surface area contributed by atoms with Crippen LogP contribution in [0, 0.1) is 11.6 Å². The normalized spacial score (nSPS) is 15.0. The molecular weight excluding hydrogens is 378 g/mol. The number of rotatable bonds is 5. The van der Waals surface area contributed by atoms with E-state index >= 15 is 0 Å². The lowest BCUT2D eigenvalue weighted by Crippen LogP contribution is -2.55. The number of urea groups is 1. The predicted molar refractivity (Wildman–Crippen MR) is 106 cm³/mol. The molecule has 3 rings (SSSR count). The van der Waals surface area contributed by atoms with Crippen LogP contribution in [0.4, 0.5) is 19.3 Å². The molecule has 1 fully saturated rings.